The lowest BCUT2D eigenvalue weighted by Crippen LogP contribution is -2.54. The van der Waals surface area contributed by atoms with Gasteiger partial charge in [0.15, 0.2) is 0 Å². The number of carbonyl (C=O) groups is 1. The SMILES string of the molecule is CN(CC1CN(C(=O)OC(C)(C)C)C1)OCc1ccccc1. The second kappa shape index (κ2) is 7.11. The fourth-order valence-corrected chi connectivity index (χ4v) is 2.34. The van der Waals surface area contributed by atoms with Gasteiger partial charge in [-0.05, 0) is 26.3 Å². The summed E-state index contributed by atoms with van der Waals surface area (Å²) >= 11 is 0. The first-order chi connectivity index (χ1) is 10.3. The molecule has 0 bridgehead atoms. The summed E-state index contributed by atoms with van der Waals surface area (Å²) in [6.07, 6.45) is -0.225. The molecule has 22 heavy (non-hydrogen) atoms. The van der Waals surface area contributed by atoms with E-state index in [9.17, 15) is 4.79 Å². The molecule has 2 rings (SSSR count). The van der Waals surface area contributed by atoms with Crippen molar-refractivity contribution < 1.29 is 14.4 Å². The van der Waals surface area contributed by atoms with E-state index < -0.39 is 5.60 Å². The zero-order valence-corrected chi connectivity index (χ0v) is 13.9. The summed E-state index contributed by atoms with van der Waals surface area (Å²) in [6, 6.07) is 10.1. The number of ether oxygens (including phenoxy) is 1. The maximum absolute atomic E-state index is 11.8. The first kappa shape index (κ1) is 16.8. The van der Waals surface area contributed by atoms with E-state index in [0.29, 0.717) is 12.5 Å². The molecule has 1 aromatic rings. The number of carbonyl (C=O) groups excluding carboxylic acids is 1. The zero-order chi connectivity index (χ0) is 16.2. The van der Waals surface area contributed by atoms with Crippen molar-refractivity contribution in [2.45, 2.75) is 33.0 Å². The topological polar surface area (TPSA) is 42.0 Å². The normalized spacial score (nSPS) is 15.8. The molecule has 1 saturated heterocycles. The minimum Gasteiger partial charge on any atom is -0.444 e. The van der Waals surface area contributed by atoms with Gasteiger partial charge in [0.25, 0.3) is 0 Å². The number of hydrogen-bond donors (Lipinski definition) is 0. The van der Waals surface area contributed by atoms with Crippen molar-refractivity contribution in [1.29, 1.82) is 0 Å². The predicted octanol–water partition coefficient (Wildman–Crippen LogP) is 2.92. The molecule has 0 unspecified atom stereocenters. The zero-order valence-electron chi connectivity index (χ0n) is 13.9. The molecule has 0 N–H and O–H groups in total. The molecule has 0 radical (unpaired) electrons. The van der Waals surface area contributed by atoms with Gasteiger partial charge in [0.1, 0.15) is 5.60 Å². The van der Waals surface area contributed by atoms with E-state index >= 15 is 0 Å². The number of hydroxylamine groups is 2. The second-order valence-electron chi connectivity index (χ2n) is 6.82. The maximum atomic E-state index is 11.8. The van der Waals surface area contributed by atoms with E-state index in [-0.39, 0.29) is 6.09 Å². The van der Waals surface area contributed by atoms with Crippen LogP contribution in [0, 0.1) is 5.92 Å². The molecule has 1 heterocycles. The Morgan fingerprint density at radius 1 is 1.27 bits per heavy atom. The molecule has 0 atom stereocenters. The van der Waals surface area contributed by atoms with Crippen LogP contribution in [0.4, 0.5) is 4.79 Å². The molecule has 5 nitrogen and oxygen atoms in total. The highest BCUT2D eigenvalue weighted by Crippen LogP contribution is 2.20. The van der Waals surface area contributed by atoms with Crippen molar-refractivity contribution in [3.8, 4) is 0 Å². The van der Waals surface area contributed by atoms with Crippen molar-refractivity contribution in [1.82, 2.24) is 9.96 Å². The number of benzene rings is 1. The summed E-state index contributed by atoms with van der Waals surface area (Å²) in [6.45, 7) is 8.49. The van der Waals surface area contributed by atoms with Crippen LogP contribution in [0.1, 0.15) is 26.3 Å². The smallest absolute Gasteiger partial charge is 0.410 e. The van der Waals surface area contributed by atoms with Crippen molar-refractivity contribution in [3.63, 3.8) is 0 Å². The number of rotatable bonds is 5. The average molecular weight is 306 g/mol. The highest BCUT2D eigenvalue weighted by Gasteiger charge is 2.34. The molecule has 1 aliphatic heterocycles. The van der Waals surface area contributed by atoms with Crippen LogP contribution in [0.25, 0.3) is 0 Å². The van der Waals surface area contributed by atoms with Crippen molar-refractivity contribution in [3.05, 3.63) is 35.9 Å². The second-order valence-corrected chi connectivity index (χ2v) is 6.82. The molecular weight excluding hydrogens is 280 g/mol. The van der Waals surface area contributed by atoms with Gasteiger partial charge in [0.2, 0.25) is 0 Å². The predicted molar refractivity (Wildman–Crippen MR) is 85.2 cm³/mol. The van der Waals surface area contributed by atoms with E-state index in [4.69, 9.17) is 9.57 Å². The molecule has 1 fully saturated rings. The molecule has 1 aliphatic rings. The van der Waals surface area contributed by atoms with E-state index in [1.165, 1.54) is 0 Å². The van der Waals surface area contributed by atoms with Gasteiger partial charge in [-0.15, -0.1) is 0 Å². The monoisotopic (exact) mass is 306 g/mol. The Morgan fingerprint density at radius 3 is 2.50 bits per heavy atom. The van der Waals surface area contributed by atoms with Crippen LogP contribution < -0.4 is 0 Å². The van der Waals surface area contributed by atoms with Crippen LogP contribution in [0.15, 0.2) is 30.3 Å². The van der Waals surface area contributed by atoms with Gasteiger partial charge in [-0.1, -0.05) is 30.3 Å². The Kier molecular flexibility index (Phi) is 5.42. The minimum atomic E-state index is -0.433. The summed E-state index contributed by atoms with van der Waals surface area (Å²) < 4.78 is 5.34. The molecule has 5 heteroatoms. The number of amides is 1. The lowest BCUT2D eigenvalue weighted by molar-refractivity contribution is -0.165. The summed E-state index contributed by atoms with van der Waals surface area (Å²) in [5.74, 6) is 0.438. The Balaban J connectivity index is 1.64. The van der Waals surface area contributed by atoms with Gasteiger partial charge in [0, 0.05) is 32.6 Å². The molecule has 0 saturated carbocycles. The highest BCUT2D eigenvalue weighted by atomic mass is 16.7. The average Bonchev–Trinajstić information content (AvgIpc) is 2.39. The third kappa shape index (κ3) is 5.31. The lowest BCUT2D eigenvalue weighted by atomic mass is 10.0. The molecule has 0 aromatic heterocycles. The van der Waals surface area contributed by atoms with Gasteiger partial charge in [-0.3, -0.25) is 4.84 Å². The Bertz CT molecular complexity index is 478. The highest BCUT2D eigenvalue weighted by molar-refractivity contribution is 5.69. The summed E-state index contributed by atoms with van der Waals surface area (Å²) in [5.41, 5.74) is 0.718. The number of likely N-dealkylation sites (tertiary alicyclic amines) is 1. The third-order valence-corrected chi connectivity index (χ3v) is 3.42. The number of hydrogen-bond acceptors (Lipinski definition) is 4. The van der Waals surface area contributed by atoms with Crippen LogP contribution in [0.2, 0.25) is 0 Å². The van der Waals surface area contributed by atoms with Gasteiger partial charge in [0.05, 0.1) is 6.61 Å². The standard InChI is InChI=1S/C17H26N2O3/c1-17(2,3)22-16(20)19-11-15(12-19)10-18(4)21-13-14-8-6-5-7-9-14/h5-9,15H,10-13H2,1-4H3. The minimum absolute atomic E-state index is 0.225. The summed E-state index contributed by atoms with van der Waals surface area (Å²) in [4.78, 5) is 19.3. The Hall–Kier alpha value is -1.59. The first-order valence-electron chi connectivity index (χ1n) is 7.69. The van der Waals surface area contributed by atoms with E-state index in [2.05, 4.69) is 0 Å². The molecule has 0 aliphatic carbocycles. The van der Waals surface area contributed by atoms with Gasteiger partial charge < -0.3 is 9.64 Å². The summed E-state index contributed by atoms with van der Waals surface area (Å²) in [5, 5.41) is 1.85. The van der Waals surface area contributed by atoms with Crippen LogP contribution >= 0.6 is 0 Å². The molecule has 122 valence electrons. The Labute approximate surface area is 132 Å². The van der Waals surface area contributed by atoms with Gasteiger partial charge in [-0.2, -0.15) is 5.06 Å². The van der Waals surface area contributed by atoms with Crippen LogP contribution in [0.5, 0.6) is 0 Å². The van der Waals surface area contributed by atoms with Gasteiger partial charge in [-0.25, -0.2) is 4.79 Å². The molecular formula is C17H26N2O3. The third-order valence-electron chi connectivity index (χ3n) is 3.42. The largest absolute Gasteiger partial charge is 0.444 e. The maximum Gasteiger partial charge on any atom is 0.410 e. The fraction of sp³-hybridized carbons (Fsp3) is 0.588. The fourth-order valence-electron chi connectivity index (χ4n) is 2.34. The van der Waals surface area contributed by atoms with E-state index in [0.717, 1.165) is 25.2 Å². The van der Waals surface area contributed by atoms with Crippen LogP contribution in [-0.4, -0.2) is 48.3 Å². The van der Waals surface area contributed by atoms with E-state index in [1.54, 1.807) is 4.90 Å². The molecule has 1 amide bonds. The molecule has 0 spiro atoms. The van der Waals surface area contributed by atoms with Crippen LogP contribution in [-0.2, 0) is 16.2 Å². The van der Waals surface area contributed by atoms with Crippen molar-refractivity contribution in [2.24, 2.45) is 5.92 Å². The first-order valence-corrected chi connectivity index (χ1v) is 7.69. The van der Waals surface area contributed by atoms with Crippen molar-refractivity contribution in [2.75, 3.05) is 26.7 Å². The Morgan fingerprint density at radius 2 is 1.91 bits per heavy atom. The van der Waals surface area contributed by atoms with Crippen LogP contribution in [0.3, 0.4) is 0 Å². The number of nitrogens with zero attached hydrogens (tertiary/aromatic N) is 2. The quantitative estimate of drug-likeness (QED) is 0.784. The summed E-state index contributed by atoms with van der Waals surface area (Å²) in [7, 11) is 1.93. The lowest BCUT2D eigenvalue weighted by Gasteiger charge is -2.41. The van der Waals surface area contributed by atoms with Crippen molar-refractivity contribution >= 4 is 6.09 Å². The molecule has 1 aromatic carbocycles. The van der Waals surface area contributed by atoms with E-state index in [1.807, 2.05) is 63.2 Å². The van der Waals surface area contributed by atoms with Gasteiger partial charge >= 0.3 is 6.09 Å².